The van der Waals surface area contributed by atoms with Crippen molar-refractivity contribution in [3.05, 3.63) is 24.3 Å². The number of anilines is 3. The Morgan fingerprint density at radius 3 is 2.62 bits per heavy atom. The SMILES string of the molecule is CCSc1n[nH]c(Nc2nc3ccccc3nc2N2CCCC2)n1. The van der Waals surface area contributed by atoms with Gasteiger partial charge in [-0.25, -0.2) is 15.1 Å². The first-order valence-corrected chi connectivity index (χ1v) is 9.16. The average molecular weight is 341 g/mol. The lowest BCUT2D eigenvalue weighted by atomic mass is 10.3. The lowest BCUT2D eigenvalue weighted by Crippen LogP contribution is -2.21. The van der Waals surface area contributed by atoms with E-state index in [4.69, 9.17) is 9.97 Å². The molecule has 2 N–H and O–H groups in total. The summed E-state index contributed by atoms with van der Waals surface area (Å²) in [6.07, 6.45) is 2.38. The molecule has 4 rings (SSSR count). The van der Waals surface area contributed by atoms with Crippen LogP contribution in [0.3, 0.4) is 0 Å². The quantitative estimate of drug-likeness (QED) is 0.690. The van der Waals surface area contributed by atoms with Crippen molar-refractivity contribution in [2.45, 2.75) is 24.9 Å². The van der Waals surface area contributed by atoms with Crippen LogP contribution in [0.5, 0.6) is 0 Å². The fourth-order valence-corrected chi connectivity index (χ4v) is 3.36. The summed E-state index contributed by atoms with van der Waals surface area (Å²) in [5.74, 6) is 3.13. The highest BCUT2D eigenvalue weighted by Gasteiger charge is 2.20. The van der Waals surface area contributed by atoms with Gasteiger partial charge in [-0.3, -0.25) is 0 Å². The van der Waals surface area contributed by atoms with E-state index in [-0.39, 0.29) is 0 Å². The van der Waals surface area contributed by atoms with Gasteiger partial charge in [-0.2, -0.15) is 4.98 Å². The van der Waals surface area contributed by atoms with E-state index in [2.05, 4.69) is 32.3 Å². The van der Waals surface area contributed by atoms with Crippen molar-refractivity contribution >= 4 is 40.4 Å². The van der Waals surface area contributed by atoms with Crippen LogP contribution in [0.25, 0.3) is 11.0 Å². The molecule has 0 bridgehead atoms. The standard InChI is InChI=1S/C16H19N7S/c1-2-24-16-20-15(21-22-16)19-13-14(23-9-5-6-10-23)18-12-8-4-3-7-11(12)17-13/h3-4,7-8H,2,5-6,9-10H2,1H3,(H2,17,19,20,21,22). The zero-order chi connectivity index (χ0) is 16.4. The Kier molecular flexibility index (Phi) is 4.20. The zero-order valence-corrected chi connectivity index (χ0v) is 14.3. The number of rotatable bonds is 5. The van der Waals surface area contributed by atoms with Crippen molar-refractivity contribution in [2.24, 2.45) is 0 Å². The second kappa shape index (κ2) is 6.64. The highest BCUT2D eigenvalue weighted by Crippen LogP contribution is 2.29. The Morgan fingerprint density at radius 1 is 1.12 bits per heavy atom. The van der Waals surface area contributed by atoms with Crippen molar-refractivity contribution in [1.29, 1.82) is 0 Å². The number of fused-ring (bicyclic) bond motifs is 1. The van der Waals surface area contributed by atoms with E-state index in [1.807, 2.05) is 24.3 Å². The van der Waals surface area contributed by atoms with Gasteiger partial charge in [0.15, 0.2) is 11.6 Å². The van der Waals surface area contributed by atoms with Gasteiger partial charge in [0.1, 0.15) is 0 Å². The first kappa shape index (κ1) is 15.2. The van der Waals surface area contributed by atoms with E-state index in [0.717, 1.165) is 46.7 Å². The minimum atomic E-state index is 0.593. The van der Waals surface area contributed by atoms with Crippen molar-refractivity contribution in [1.82, 2.24) is 25.1 Å². The van der Waals surface area contributed by atoms with Gasteiger partial charge < -0.3 is 10.2 Å². The number of aromatic amines is 1. The van der Waals surface area contributed by atoms with Gasteiger partial charge in [0.2, 0.25) is 11.1 Å². The second-order valence-corrected chi connectivity index (χ2v) is 6.83. The van der Waals surface area contributed by atoms with Gasteiger partial charge in [-0.15, -0.1) is 5.10 Å². The monoisotopic (exact) mass is 341 g/mol. The predicted octanol–water partition coefficient (Wildman–Crippen LogP) is 3.20. The molecular formula is C16H19N7S. The number of nitrogens with one attached hydrogen (secondary N) is 2. The molecule has 0 aliphatic carbocycles. The molecule has 0 radical (unpaired) electrons. The van der Waals surface area contributed by atoms with Crippen LogP contribution in [0.2, 0.25) is 0 Å². The van der Waals surface area contributed by atoms with Crippen molar-refractivity contribution in [3.8, 4) is 0 Å². The number of hydrogen-bond acceptors (Lipinski definition) is 7. The first-order valence-electron chi connectivity index (χ1n) is 8.17. The van der Waals surface area contributed by atoms with Crippen LogP contribution in [-0.2, 0) is 0 Å². The molecule has 1 aliphatic heterocycles. The molecule has 8 heteroatoms. The van der Waals surface area contributed by atoms with E-state index < -0.39 is 0 Å². The fraction of sp³-hybridized carbons (Fsp3) is 0.375. The Hall–Kier alpha value is -2.35. The molecule has 24 heavy (non-hydrogen) atoms. The largest absolute Gasteiger partial charge is 0.354 e. The lowest BCUT2D eigenvalue weighted by Gasteiger charge is -2.19. The number of hydrogen-bond donors (Lipinski definition) is 2. The Balaban J connectivity index is 1.72. The molecule has 1 aliphatic rings. The summed E-state index contributed by atoms with van der Waals surface area (Å²) in [4.78, 5) is 16.3. The Morgan fingerprint density at radius 2 is 1.88 bits per heavy atom. The van der Waals surface area contributed by atoms with Crippen LogP contribution in [0.1, 0.15) is 19.8 Å². The number of aromatic nitrogens is 5. The molecule has 0 amide bonds. The summed E-state index contributed by atoms with van der Waals surface area (Å²) in [5.41, 5.74) is 1.77. The smallest absolute Gasteiger partial charge is 0.225 e. The van der Waals surface area contributed by atoms with E-state index in [1.165, 1.54) is 12.8 Å². The number of para-hydroxylation sites is 2. The van der Waals surface area contributed by atoms with Crippen molar-refractivity contribution < 1.29 is 0 Å². The second-order valence-electron chi connectivity index (χ2n) is 5.60. The number of thioether (sulfide) groups is 1. The number of benzene rings is 1. The molecule has 0 unspecified atom stereocenters. The minimum absolute atomic E-state index is 0.593. The molecule has 0 atom stereocenters. The summed E-state index contributed by atoms with van der Waals surface area (Å²) >= 11 is 1.60. The van der Waals surface area contributed by atoms with Gasteiger partial charge in [0, 0.05) is 13.1 Å². The molecular weight excluding hydrogens is 322 g/mol. The number of nitrogens with zero attached hydrogens (tertiary/aromatic N) is 5. The highest BCUT2D eigenvalue weighted by molar-refractivity contribution is 7.99. The maximum atomic E-state index is 4.83. The summed E-state index contributed by atoms with van der Waals surface area (Å²) in [7, 11) is 0. The fourth-order valence-electron chi connectivity index (χ4n) is 2.83. The summed E-state index contributed by atoms with van der Waals surface area (Å²) < 4.78 is 0. The van der Waals surface area contributed by atoms with Crippen LogP contribution in [0.15, 0.2) is 29.4 Å². The van der Waals surface area contributed by atoms with Gasteiger partial charge in [0.25, 0.3) is 0 Å². The average Bonchev–Trinajstić information content (AvgIpc) is 3.27. The molecule has 0 spiro atoms. The topological polar surface area (TPSA) is 82.6 Å². The van der Waals surface area contributed by atoms with Crippen LogP contribution < -0.4 is 10.2 Å². The molecule has 0 saturated carbocycles. The maximum absolute atomic E-state index is 4.83. The molecule has 2 aromatic heterocycles. The molecule has 124 valence electrons. The summed E-state index contributed by atoms with van der Waals surface area (Å²) in [5, 5.41) is 11.1. The van der Waals surface area contributed by atoms with Crippen LogP contribution >= 0.6 is 11.8 Å². The van der Waals surface area contributed by atoms with Gasteiger partial charge >= 0.3 is 0 Å². The van der Waals surface area contributed by atoms with Crippen molar-refractivity contribution in [2.75, 3.05) is 29.1 Å². The van der Waals surface area contributed by atoms with Crippen molar-refractivity contribution in [3.63, 3.8) is 0 Å². The predicted molar refractivity (Wildman–Crippen MR) is 97.0 cm³/mol. The Bertz CT molecular complexity index is 841. The Labute approximate surface area is 144 Å². The number of H-pyrrole nitrogens is 1. The third-order valence-electron chi connectivity index (χ3n) is 3.93. The molecule has 1 fully saturated rings. The lowest BCUT2D eigenvalue weighted by molar-refractivity contribution is 0.937. The molecule has 3 aromatic rings. The molecule has 1 aromatic carbocycles. The van der Waals surface area contributed by atoms with Crippen LogP contribution in [0, 0.1) is 0 Å². The normalized spacial score (nSPS) is 14.5. The third-order valence-corrected chi connectivity index (χ3v) is 4.66. The van der Waals surface area contributed by atoms with Gasteiger partial charge in [-0.1, -0.05) is 30.8 Å². The van der Waals surface area contributed by atoms with Gasteiger partial charge in [0.05, 0.1) is 11.0 Å². The minimum Gasteiger partial charge on any atom is -0.354 e. The zero-order valence-electron chi connectivity index (χ0n) is 13.5. The van der Waals surface area contributed by atoms with Gasteiger partial charge in [-0.05, 0) is 30.7 Å². The van der Waals surface area contributed by atoms with Crippen LogP contribution in [-0.4, -0.2) is 44.0 Å². The van der Waals surface area contributed by atoms with Crippen LogP contribution in [0.4, 0.5) is 17.6 Å². The first-order chi connectivity index (χ1) is 11.8. The molecule has 7 nitrogen and oxygen atoms in total. The van der Waals surface area contributed by atoms with E-state index in [1.54, 1.807) is 11.8 Å². The van der Waals surface area contributed by atoms with E-state index in [0.29, 0.717) is 5.95 Å². The van der Waals surface area contributed by atoms with E-state index in [9.17, 15) is 0 Å². The third kappa shape index (κ3) is 3.01. The summed E-state index contributed by atoms with van der Waals surface area (Å²) in [6.45, 7) is 4.10. The molecule has 3 heterocycles. The highest BCUT2D eigenvalue weighted by atomic mass is 32.2. The maximum Gasteiger partial charge on any atom is 0.225 e. The molecule has 1 saturated heterocycles. The summed E-state index contributed by atoms with van der Waals surface area (Å²) in [6, 6.07) is 7.93. The van der Waals surface area contributed by atoms with E-state index >= 15 is 0 Å².